The van der Waals surface area contributed by atoms with Crippen molar-refractivity contribution < 1.29 is 13.2 Å². The van der Waals surface area contributed by atoms with E-state index in [1.165, 1.54) is 18.2 Å². The Morgan fingerprint density at radius 1 is 1.26 bits per heavy atom. The van der Waals surface area contributed by atoms with Gasteiger partial charge in [0, 0.05) is 17.8 Å². The number of pyridine rings is 2. The molecule has 1 amide bonds. The lowest BCUT2D eigenvalue weighted by Gasteiger charge is -2.36. The molecule has 9 heteroatoms. The highest BCUT2D eigenvalue weighted by molar-refractivity contribution is 7.90. The molecule has 168 valence electrons. The summed E-state index contributed by atoms with van der Waals surface area (Å²) in [6, 6.07) is 7.70. The Morgan fingerprint density at radius 3 is 2.55 bits per heavy atom. The Kier molecular flexibility index (Phi) is 6.27. The second kappa shape index (κ2) is 8.45. The molecule has 1 unspecified atom stereocenters. The quantitative estimate of drug-likeness (QED) is 0.701. The second-order valence-electron chi connectivity index (χ2n) is 9.10. The number of carbonyl (C=O) groups is 1. The number of nitrogens with one attached hydrogen (secondary N) is 1. The molecule has 0 aromatic carbocycles. The normalized spacial score (nSPS) is 18.4. The summed E-state index contributed by atoms with van der Waals surface area (Å²) >= 11 is 0. The Morgan fingerprint density at radius 2 is 1.97 bits per heavy atom. The van der Waals surface area contributed by atoms with Crippen LogP contribution in [-0.4, -0.2) is 36.4 Å². The van der Waals surface area contributed by atoms with Crippen LogP contribution >= 0.6 is 0 Å². The van der Waals surface area contributed by atoms with E-state index in [0.717, 1.165) is 25.1 Å². The lowest BCUT2D eigenvalue weighted by Crippen LogP contribution is -2.44. The predicted octanol–water partition coefficient (Wildman–Crippen LogP) is 3.00. The van der Waals surface area contributed by atoms with Crippen LogP contribution in [0.25, 0.3) is 0 Å². The van der Waals surface area contributed by atoms with Gasteiger partial charge in [-0.3, -0.25) is 4.79 Å². The minimum Gasteiger partial charge on any atom is -0.384 e. The number of amides is 1. The highest BCUT2D eigenvalue weighted by Gasteiger charge is 2.41. The molecule has 3 heterocycles. The maximum absolute atomic E-state index is 13.1. The third-order valence-corrected chi connectivity index (χ3v) is 7.22. The highest BCUT2D eigenvalue weighted by atomic mass is 32.2. The average molecular weight is 446 g/mol. The standard InChI is InChI=1S/C22H31N5O3S/c1-14(2)13-16-9-10-17(20(24-16)27-12-11-15(3)22(27,4)5)21(28)26-31(29,30)19-8-6-7-18(23)25-19/h6-10,14-15H,11-13H2,1-5H3,(H2,23,25)(H,26,28). The van der Waals surface area contributed by atoms with Gasteiger partial charge in [0.05, 0.1) is 5.56 Å². The van der Waals surface area contributed by atoms with E-state index in [-0.39, 0.29) is 21.9 Å². The Hall–Kier alpha value is -2.68. The summed E-state index contributed by atoms with van der Waals surface area (Å²) in [5.41, 5.74) is 6.48. The summed E-state index contributed by atoms with van der Waals surface area (Å²) in [5, 5.41) is -0.304. The summed E-state index contributed by atoms with van der Waals surface area (Å²) in [5.74, 6) is 0.641. The van der Waals surface area contributed by atoms with Crippen molar-refractivity contribution in [2.24, 2.45) is 11.8 Å². The molecular weight excluding hydrogens is 414 g/mol. The highest BCUT2D eigenvalue weighted by Crippen LogP contribution is 2.38. The van der Waals surface area contributed by atoms with Crippen LogP contribution in [0.4, 0.5) is 11.6 Å². The SMILES string of the molecule is CC(C)Cc1ccc(C(=O)NS(=O)(=O)c2cccc(N)n2)c(N2CCC(C)C2(C)C)n1. The molecule has 3 rings (SSSR count). The van der Waals surface area contributed by atoms with Gasteiger partial charge in [-0.1, -0.05) is 26.8 Å². The fraction of sp³-hybridized carbons (Fsp3) is 0.500. The van der Waals surface area contributed by atoms with Gasteiger partial charge in [0.15, 0.2) is 5.03 Å². The van der Waals surface area contributed by atoms with Crippen molar-refractivity contribution >= 4 is 27.6 Å². The van der Waals surface area contributed by atoms with Gasteiger partial charge in [-0.2, -0.15) is 8.42 Å². The number of carbonyl (C=O) groups excluding carboxylic acids is 1. The molecule has 0 saturated carbocycles. The van der Waals surface area contributed by atoms with Gasteiger partial charge in [-0.15, -0.1) is 0 Å². The number of anilines is 2. The first-order valence-electron chi connectivity index (χ1n) is 10.5. The lowest BCUT2D eigenvalue weighted by atomic mass is 9.90. The van der Waals surface area contributed by atoms with Crippen LogP contribution in [0.5, 0.6) is 0 Å². The van der Waals surface area contributed by atoms with E-state index in [1.807, 2.05) is 0 Å². The molecule has 8 nitrogen and oxygen atoms in total. The van der Waals surface area contributed by atoms with Gasteiger partial charge in [-0.25, -0.2) is 14.7 Å². The summed E-state index contributed by atoms with van der Waals surface area (Å²) in [6.45, 7) is 11.4. The van der Waals surface area contributed by atoms with Crippen molar-refractivity contribution in [3.63, 3.8) is 0 Å². The van der Waals surface area contributed by atoms with Gasteiger partial charge in [0.1, 0.15) is 11.6 Å². The minimum atomic E-state index is -4.18. The van der Waals surface area contributed by atoms with Gasteiger partial charge in [0.25, 0.3) is 15.9 Å². The van der Waals surface area contributed by atoms with Crippen molar-refractivity contribution in [3.05, 3.63) is 41.6 Å². The maximum Gasteiger partial charge on any atom is 0.281 e. The second-order valence-corrected chi connectivity index (χ2v) is 10.7. The molecule has 1 aliphatic rings. The van der Waals surface area contributed by atoms with Crippen LogP contribution in [0.1, 0.15) is 57.1 Å². The van der Waals surface area contributed by atoms with Gasteiger partial charge in [-0.05, 0) is 62.8 Å². The number of rotatable bonds is 6. The minimum absolute atomic E-state index is 0.0588. The van der Waals surface area contributed by atoms with Crippen molar-refractivity contribution in [2.75, 3.05) is 17.2 Å². The van der Waals surface area contributed by atoms with E-state index in [9.17, 15) is 13.2 Å². The molecule has 1 saturated heterocycles. The van der Waals surface area contributed by atoms with Crippen molar-refractivity contribution in [1.82, 2.24) is 14.7 Å². The number of nitrogens with two attached hydrogens (primary N) is 1. The number of hydrogen-bond donors (Lipinski definition) is 2. The fourth-order valence-electron chi connectivity index (χ4n) is 3.82. The number of sulfonamides is 1. The van der Waals surface area contributed by atoms with Crippen molar-refractivity contribution in [3.8, 4) is 0 Å². The van der Waals surface area contributed by atoms with E-state index in [4.69, 9.17) is 10.7 Å². The van der Waals surface area contributed by atoms with Gasteiger partial charge < -0.3 is 10.6 Å². The molecule has 0 aliphatic carbocycles. The van der Waals surface area contributed by atoms with Gasteiger partial charge in [0.2, 0.25) is 0 Å². The van der Waals surface area contributed by atoms with Crippen LogP contribution in [0.2, 0.25) is 0 Å². The molecule has 0 spiro atoms. The Labute approximate surface area is 184 Å². The topological polar surface area (TPSA) is 118 Å². The third kappa shape index (κ3) is 4.81. The molecule has 2 aromatic heterocycles. The molecule has 1 atom stereocenters. The molecule has 1 fully saturated rings. The molecule has 3 N–H and O–H groups in total. The fourth-order valence-corrected chi connectivity index (χ4v) is 4.76. The predicted molar refractivity (Wildman–Crippen MR) is 121 cm³/mol. The monoisotopic (exact) mass is 445 g/mol. The zero-order chi connectivity index (χ0) is 23.0. The van der Waals surface area contributed by atoms with Crippen LogP contribution in [0.15, 0.2) is 35.4 Å². The zero-order valence-corrected chi connectivity index (χ0v) is 19.5. The van der Waals surface area contributed by atoms with E-state index < -0.39 is 15.9 Å². The van der Waals surface area contributed by atoms with Crippen LogP contribution in [0, 0.1) is 11.8 Å². The van der Waals surface area contributed by atoms with E-state index >= 15 is 0 Å². The third-order valence-electron chi connectivity index (χ3n) is 5.99. The first-order chi connectivity index (χ1) is 14.4. The molecule has 2 aromatic rings. The molecule has 1 aliphatic heterocycles. The Bertz CT molecular complexity index is 1080. The molecule has 0 bridgehead atoms. The van der Waals surface area contributed by atoms with Crippen LogP contribution in [0.3, 0.4) is 0 Å². The van der Waals surface area contributed by atoms with E-state index in [1.54, 1.807) is 12.1 Å². The number of hydrogen-bond acceptors (Lipinski definition) is 7. The molecule has 0 radical (unpaired) electrons. The zero-order valence-electron chi connectivity index (χ0n) is 18.7. The first-order valence-corrected chi connectivity index (χ1v) is 12.0. The number of nitrogens with zero attached hydrogens (tertiary/aromatic N) is 3. The van der Waals surface area contributed by atoms with Gasteiger partial charge >= 0.3 is 0 Å². The van der Waals surface area contributed by atoms with Crippen molar-refractivity contribution in [2.45, 2.75) is 58.0 Å². The van der Waals surface area contributed by atoms with E-state index in [0.29, 0.717) is 17.7 Å². The molecular formula is C22H31N5O3S. The summed E-state index contributed by atoms with van der Waals surface area (Å²) in [7, 11) is -4.18. The first kappa shape index (κ1) is 23.0. The van der Waals surface area contributed by atoms with E-state index in [2.05, 4.69) is 49.2 Å². The van der Waals surface area contributed by atoms with Crippen LogP contribution in [-0.2, 0) is 16.4 Å². The largest absolute Gasteiger partial charge is 0.384 e. The van der Waals surface area contributed by atoms with Crippen LogP contribution < -0.4 is 15.4 Å². The smallest absolute Gasteiger partial charge is 0.281 e. The summed E-state index contributed by atoms with van der Waals surface area (Å²) < 4.78 is 27.5. The number of aromatic nitrogens is 2. The number of nitrogen functional groups attached to an aromatic ring is 1. The average Bonchev–Trinajstić information content (AvgIpc) is 2.93. The molecule has 31 heavy (non-hydrogen) atoms. The lowest BCUT2D eigenvalue weighted by molar-refractivity contribution is 0.0981. The summed E-state index contributed by atoms with van der Waals surface area (Å²) in [6.07, 6.45) is 1.74. The van der Waals surface area contributed by atoms with Crippen molar-refractivity contribution in [1.29, 1.82) is 0 Å². The Balaban J connectivity index is 2.00. The maximum atomic E-state index is 13.1. The summed E-state index contributed by atoms with van der Waals surface area (Å²) in [4.78, 5) is 23.8.